The van der Waals surface area contributed by atoms with Crippen LogP contribution in [0.4, 0.5) is 17.3 Å². The molecule has 0 aliphatic heterocycles. The van der Waals surface area contributed by atoms with Gasteiger partial charge in [-0.15, -0.1) is 0 Å². The van der Waals surface area contributed by atoms with Crippen molar-refractivity contribution in [3.8, 4) is 0 Å². The molecule has 0 saturated heterocycles. The summed E-state index contributed by atoms with van der Waals surface area (Å²) in [6, 6.07) is 0. The minimum absolute atomic E-state index is 0.569. The van der Waals surface area contributed by atoms with E-state index in [9.17, 15) is 17.3 Å². The minimum Gasteiger partial charge on any atom is -0.445 e. The molecule has 0 N–H and O–H groups in total. The molecular weight excluding hydrogens is 177 g/mol. The van der Waals surface area contributed by atoms with Crippen molar-refractivity contribution in [2.45, 2.75) is 0 Å². The Balaban J connectivity index is 0.000000217. The average molecular weight is 182 g/mol. The van der Waals surface area contributed by atoms with Gasteiger partial charge in [0.15, 0.2) is 0 Å². The van der Waals surface area contributed by atoms with Gasteiger partial charge in [-0.2, -0.15) is 0 Å². The quantitative estimate of drug-likeness (QED) is 0.492. The molecule has 0 spiro atoms. The van der Waals surface area contributed by atoms with E-state index in [-0.39, 0.29) is 0 Å². The molecule has 0 radical (unpaired) electrons. The van der Waals surface area contributed by atoms with Gasteiger partial charge in [0.25, 0.3) is 0 Å². The molecule has 0 aliphatic carbocycles. The predicted octanol–water partition coefficient (Wildman–Crippen LogP) is 2.62. The van der Waals surface area contributed by atoms with Crippen LogP contribution < -0.4 is 0 Å². The normalized spacial score (nSPS) is 10.0. The molecule has 0 atom stereocenters. The van der Waals surface area contributed by atoms with Gasteiger partial charge in [-0.3, -0.25) is 0 Å². The van der Waals surface area contributed by atoms with Crippen LogP contribution in [0, 0.1) is 0 Å². The summed E-state index contributed by atoms with van der Waals surface area (Å²) in [7, 11) is -6.00. The first kappa shape index (κ1) is 10.7. The second-order valence-electron chi connectivity index (χ2n) is 1.57. The number of nitrogens with zero attached hydrogens (tertiary/aromatic N) is 1. The van der Waals surface area contributed by atoms with Crippen molar-refractivity contribution in [2.75, 3.05) is 0 Å². The number of rotatable bonds is 1. The van der Waals surface area contributed by atoms with Crippen molar-refractivity contribution in [3.63, 3.8) is 0 Å². The summed E-state index contributed by atoms with van der Waals surface area (Å²) < 4.78 is 43.8. The average Bonchev–Trinajstić information content (AvgIpc) is 2.33. The SMILES string of the molecule is C=Cc1ncco1.F[B-](F)(F)F. The monoisotopic (exact) mass is 182 g/mol. The Morgan fingerprint density at radius 2 is 1.92 bits per heavy atom. The lowest BCUT2D eigenvalue weighted by atomic mass is 10.3. The molecule has 1 rings (SSSR count). The molecule has 2 nitrogen and oxygen atoms in total. The van der Waals surface area contributed by atoms with E-state index in [1.54, 1.807) is 12.3 Å². The van der Waals surface area contributed by atoms with Crippen LogP contribution in [0.5, 0.6) is 0 Å². The first-order chi connectivity index (χ1) is 5.43. The van der Waals surface area contributed by atoms with E-state index in [0.29, 0.717) is 5.89 Å². The maximum atomic E-state index is 9.75. The fourth-order valence-corrected chi connectivity index (χ4v) is 0.335. The third kappa shape index (κ3) is 8.73. The Hall–Kier alpha value is -1.27. The molecule has 7 heteroatoms. The van der Waals surface area contributed by atoms with E-state index in [1.807, 2.05) is 0 Å². The predicted molar refractivity (Wildman–Crippen MR) is 36.8 cm³/mol. The third-order valence-electron chi connectivity index (χ3n) is 0.626. The number of aromatic nitrogens is 1. The Morgan fingerprint density at radius 3 is 2.08 bits per heavy atom. The first-order valence-corrected chi connectivity index (χ1v) is 2.82. The molecule has 0 fully saturated rings. The van der Waals surface area contributed by atoms with Gasteiger partial charge < -0.3 is 21.7 Å². The number of halogens is 4. The second kappa shape index (κ2) is 4.58. The Labute approximate surface area is 66.0 Å². The summed E-state index contributed by atoms with van der Waals surface area (Å²) in [6.45, 7) is 3.45. The molecule has 0 unspecified atom stereocenters. The second-order valence-corrected chi connectivity index (χ2v) is 1.57. The van der Waals surface area contributed by atoms with Gasteiger partial charge in [-0.1, -0.05) is 6.58 Å². The van der Waals surface area contributed by atoms with Gasteiger partial charge in [-0.25, -0.2) is 4.98 Å². The molecule has 1 aromatic rings. The lowest BCUT2D eigenvalue weighted by molar-refractivity contribution is 0.368. The van der Waals surface area contributed by atoms with E-state index in [2.05, 4.69) is 11.6 Å². The van der Waals surface area contributed by atoms with Gasteiger partial charge in [0.05, 0.1) is 6.20 Å². The zero-order valence-electron chi connectivity index (χ0n) is 5.88. The largest absolute Gasteiger partial charge is 0.673 e. The van der Waals surface area contributed by atoms with Gasteiger partial charge in [0, 0.05) is 0 Å². The molecule has 68 valence electrons. The Bertz CT molecular complexity index is 214. The van der Waals surface area contributed by atoms with Crippen molar-refractivity contribution in [3.05, 3.63) is 24.9 Å². The van der Waals surface area contributed by atoms with Crippen LogP contribution in [-0.2, 0) is 0 Å². The van der Waals surface area contributed by atoms with Crippen LogP contribution in [-0.4, -0.2) is 12.2 Å². The molecule has 0 amide bonds. The third-order valence-corrected chi connectivity index (χ3v) is 0.626. The Morgan fingerprint density at radius 1 is 1.42 bits per heavy atom. The summed E-state index contributed by atoms with van der Waals surface area (Å²) in [5, 5.41) is 0. The maximum Gasteiger partial charge on any atom is 0.673 e. The molecule has 0 aliphatic rings. The molecule has 0 bridgehead atoms. The highest BCUT2D eigenvalue weighted by Gasteiger charge is 2.20. The highest BCUT2D eigenvalue weighted by atomic mass is 19.5. The topological polar surface area (TPSA) is 26.0 Å². The molecular formula is C5H5BF4NO-. The highest BCUT2D eigenvalue weighted by Crippen LogP contribution is 2.06. The van der Waals surface area contributed by atoms with Crippen LogP contribution in [0.25, 0.3) is 6.08 Å². The van der Waals surface area contributed by atoms with Crippen molar-refractivity contribution in [1.29, 1.82) is 0 Å². The van der Waals surface area contributed by atoms with Gasteiger partial charge in [0.1, 0.15) is 6.26 Å². The summed E-state index contributed by atoms with van der Waals surface area (Å²) in [4.78, 5) is 3.75. The summed E-state index contributed by atoms with van der Waals surface area (Å²) in [5.41, 5.74) is 0. The van der Waals surface area contributed by atoms with Crippen molar-refractivity contribution in [2.24, 2.45) is 0 Å². The van der Waals surface area contributed by atoms with E-state index < -0.39 is 7.25 Å². The van der Waals surface area contributed by atoms with Gasteiger partial charge in [0.2, 0.25) is 5.89 Å². The van der Waals surface area contributed by atoms with Crippen LogP contribution in [0.2, 0.25) is 0 Å². The zero-order valence-corrected chi connectivity index (χ0v) is 5.88. The summed E-state index contributed by atoms with van der Waals surface area (Å²) >= 11 is 0. The number of hydrogen-bond acceptors (Lipinski definition) is 2. The van der Waals surface area contributed by atoms with Gasteiger partial charge in [-0.05, 0) is 6.08 Å². The molecule has 12 heavy (non-hydrogen) atoms. The van der Waals surface area contributed by atoms with Crippen LogP contribution in [0.3, 0.4) is 0 Å². The molecule has 0 saturated carbocycles. The highest BCUT2D eigenvalue weighted by molar-refractivity contribution is 6.50. The smallest absolute Gasteiger partial charge is 0.445 e. The maximum absolute atomic E-state index is 9.75. The summed E-state index contributed by atoms with van der Waals surface area (Å²) in [6.07, 6.45) is 4.65. The van der Waals surface area contributed by atoms with Crippen molar-refractivity contribution >= 4 is 13.3 Å². The zero-order chi connectivity index (χ0) is 9.61. The molecule has 0 aromatic carbocycles. The van der Waals surface area contributed by atoms with E-state index in [0.717, 1.165) is 0 Å². The van der Waals surface area contributed by atoms with E-state index in [4.69, 9.17) is 4.42 Å². The number of hydrogen-bond donors (Lipinski definition) is 0. The standard InChI is InChI=1S/C5H5NO.BF4/c1-2-5-6-3-4-7-5;2-1(3,4)5/h2-4H,1H2;/q;-1. The Kier molecular flexibility index (Phi) is 4.10. The van der Waals surface area contributed by atoms with E-state index in [1.165, 1.54) is 6.26 Å². The fraction of sp³-hybridized carbons (Fsp3) is 0. The van der Waals surface area contributed by atoms with Crippen LogP contribution >= 0.6 is 0 Å². The van der Waals surface area contributed by atoms with E-state index >= 15 is 0 Å². The van der Waals surface area contributed by atoms with Crippen molar-refractivity contribution < 1.29 is 21.7 Å². The summed E-state index contributed by atoms with van der Waals surface area (Å²) in [5.74, 6) is 0.569. The lowest BCUT2D eigenvalue weighted by Gasteiger charge is -1.94. The lowest BCUT2D eigenvalue weighted by Crippen LogP contribution is -2.02. The number of oxazole rings is 1. The van der Waals surface area contributed by atoms with Crippen LogP contribution in [0.1, 0.15) is 5.89 Å². The first-order valence-electron chi connectivity index (χ1n) is 2.82. The van der Waals surface area contributed by atoms with Crippen molar-refractivity contribution in [1.82, 2.24) is 4.98 Å². The molecule has 1 aromatic heterocycles. The van der Waals surface area contributed by atoms with Gasteiger partial charge >= 0.3 is 7.25 Å². The van der Waals surface area contributed by atoms with Crippen LogP contribution in [0.15, 0.2) is 23.5 Å². The minimum atomic E-state index is -6.00. The molecule has 1 heterocycles. The fourth-order valence-electron chi connectivity index (χ4n) is 0.335.